The Morgan fingerprint density at radius 1 is 1.10 bits per heavy atom. The minimum Gasteiger partial charge on any atom is -0.455 e. The molecule has 4 fully saturated rings. The van der Waals surface area contributed by atoms with Crippen LogP contribution in [0, 0.1) is 17.8 Å². The molecule has 2 bridgehead atoms. The number of likely N-dealkylation sites (tertiary alicyclic amines) is 1. The van der Waals surface area contributed by atoms with E-state index in [0.717, 1.165) is 37.7 Å². The van der Waals surface area contributed by atoms with Crippen molar-refractivity contribution in [2.75, 3.05) is 20.2 Å². The smallest absolute Gasteiger partial charge is 0.313 e. The Morgan fingerprint density at radius 3 is 2.42 bits per heavy atom. The van der Waals surface area contributed by atoms with Crippen molar-refractivity contribution in [3.63, 3.8) is 0 Å². The molecular weight excluding hydrogens is 634 g/mol. The van der Waals surface area contributed by atoms with Crippen molar-refractivity contribution in [3.8, 4) is 0 Å². The molecule has 3 amide bonds. The van der Waals surface area contributed by atoms with Gasteiger partial charge >= 0.3 is 5.97 Å². The molecule has 274 valence electrons. The predicted octanol–water partition coefficient (Wildman–Crippen LogP) is 5.21. The minimum atomic E-state index is -1.22. The van der Waals surface area contributed by atoms with Crippen molar-refractivity contribution in [2.24, 2.45) is 17.8 Å². The number of allylic oxidation sites excluding steroid dienone is 1. The lowest BCUT2D eigenvalue weighted by Crippen LogP contribution is -2.61. The van der Waals surface area contributed by atoms with Crippen LogP contribution < -0.4 is 0 Å². The second kappa shape index (κ2) is 16.2. The molecule has 1 aromatic carbocycles. The number of aliphatic hydroxyl groups is 1. The van der Waals surface area contributed by atoms with Gasteiger partial charge in [0.1, 0.15) is 17.7 Å². The molecule has 1 N–H and O–H groups in total. The molecule has 9 atom stereocenters. The molecule has 1 saturated carbocycles. The molecule has 3 aliphatic heterocycles. The molecule has 1 aromatic rings. The summed E-state index contributed by atoms with van der Waals surface area (Å²) in [6.45, 7) is 13.5. The van der Waals surface area contributed by atoms with Gasteiger partial charge in [-0.15, -0.1) is 13.2 Å². The van der Waals surface area contributed by atoms with Crippen molar-refractivity contribution in [1.82, 2.24) is 14.7 Å². The van der Waals surface area contributed by atoms with E-state index >= 15 is 0 Å². The maximum absolute atomic E-state index is 15.0. The van der Waals surface area contributed by atoms with E-state index in [1.54, 1.807) is 29.0 Å². The lowest BCUT2D eigenvalue weighted by atomic mass is 9.70. The number of carbonyl (C=O) groups is 4. The van der Waals surface area contributed by atoms with E-state index in [-0.39, 0.29) is 42.7 Å². The molecule has 3 heterocycles. The zero-order valence-corrected chi connectivity index (χ0v) is 30.4. The first-order chi connectivity index (χ1) is 24.1. The molecule has 5 rings (SSSR count). The number of fused-ring (bicyclic) bond motifs is 1. The Balaban J connectivity index is 1.51. The van der Waals surface area contributed by atoms with Gasteiger partial charge in [-0.05, 0) is 50.5 Å². The maximum Gasteiger partial charge on any atom is 0.313 e. The van der Waals surface area contributed by atoms with E-state index in [9.17, 15) is 24.3 Å². The number of carbonyl (C=O) groups excluding carboxylic acids is 4. The average molecular weight is 692 g/mol. The molecule has 4 aliphatic rings. The molecule has 3 saturated heterocycles. The summed E-state index contributed by atoms with van der Waals surface area (Å²) in [5.74, 6) is -3.17. The number of amides is 3. The first kappa shape index (κ1) is 37.7. The first-order valence-electron chi connectivity index (χ1n) is 18.7. The number of ether oxygens (including phenoxy) is 2. The number of esters is 1. The van der Waals surface area contributed by atoms with E-state index in [1.165, 1.54) is 0 Å². The lowest BCUT2D eigenvalue weighted by Gasteiger charge is -2.43. The van der Waals surface area contributed by atoms with Crippen molar-refractivity contribution < 1.29 is 33.8 Å². The summed E-state index contributed by atoms with van der Waals surface area (Å²) in [7, 11) is 1.70. The van der Waals surface area contributed by atoms with E-state index in [1.807, 2.05) is 56.0 Å². The van der Waals surface area contributed by atoms with Gasteiger partial charge in [-0.25, -0.2) is 0 Å². The van der Waals surface area contributed by atoms with Crippen LogP contribution in [0.4, 0.5) is 0 Å². The first-order valence-corrected chi connectivity index (χ1v) is 18.7. The number of rotatable bonds is 16. The summed E-state index contributed by atoms with van der Waals surface area (Å²) < 4.78 is 13.1. The third kappa shape index (κ3) is 6.90. The lowest BCUT2D eigenvalue weighted by molar-refractivity contribution is -0.165. The number of nitrogens with zero attached hydrogens (tertiary/aromatic N) is 3. The number of hydrogen-bond donors (Lipinski definition) is 1. The highest BCUT2D eigenvalue weighted by molar-refractivity contribution is 5.98. The van der Waals surface area contributed by atoms with Gasteiger partial charge in [0.15, 0.2) is 0 Å². The highest BCUT2D eigenvalue weighted by atomic mass is 16.6. The number of hydrogen-bond acceptors (Lipinski definition) is 7. The minimum absolute atomic E-state index is 0.0245. The van der Waals surface area contributed by atoms with Gasteiger partial charge in [0.05, 0.1) is 36.6 Å². The van der Waals surface area contributed by atoms with Gasteiger partial charge < -0.3 is 29.3 Å². The largest absolute Gasteiger partial charge is 0.455 e. The second-order valence-electron chi connectivity index (χ2n) is 14.8. The Labute approximate surface area is 297 Å². The summed E-state index contributed by atoms with van der Waals surface area (Å²) in [6.07, 6.45) is 9.46. The van der Waals surface area contributed by atoms with Crippen LogP contribution in [-0.2, 0) is 28.7 Å². The van der Waals surface area contributed by atoms with Gasteiger partial charge in [0, 0.05) is 26.1 Å². The zero-order chi connectivity index (χ0) is 36.2. The van der Waals surface area contributed by atoms with Crippen molar-refractivity contribution in [3.05, 3.63) is 61.2 Å². The number of likely N-dealkylation sites (N-methyl/N-ethyl adjacent to an activating group) is 1. The SMILES string of the molecule is C=CCCC(=O)N(C)[C@@H](C)[C@@H](OC(=O)[C@@H]1[C@@H]2CC[C@]3(O2)[C@H](C(=O)N(CC=C)C2CCCCC2)N([C@@H](CO)[C@@H](C)CC)C(=O)[C@@H]13)c1ccccc1. The number of aliphatic hydroxyl groups excluding tert-OH is 1. The van der Waals surface area contributed by atoms with E-state index in [4.69, 9.17) is 9.47 Å². The number of benzene rings is 1. The van der Waals surface area contributed by atoms with Gasteiger partial charge in [0.2, 0.25) is 17.7 Å². The summed E-state index contributed by atoms with van der Waals surface area (Å²) >= 11 is 0. The highest BCUT2D eigenvalue weighted by Crippen LogP contribution is 2.60. The average Bonchev–Trinajstić information content (AvgIpc) is 3.79. The summed E-state index contributed by atoms with van der Waals surface area (Å²) in [4.78, 5) is 62.4. The predicted molar refractivity (Wildman–Crippen MR) is 191 cm³/mol. The Morgan fingerprint density at radius 2 is 1.80 bits per heavy atom. The molecule has 1 spiro atoms. The molecule has 0 unspecified atom stereocenters. The van der Waals surface area contributed by atoms with Gasteiger partial charge in [-0.1, -0.05) is 82.0 Å². The molecule has 0 aromatic heterocycles. The van der Waals surface area contributed by atoms with Crippen LogP contribution in [0.15, 0.2) is 55.6 Å². The quantitative estimate of drug-likeness (QED) is 0.187. The topological polar surface area (TPSA) is 117 Å². The van der Waals surface area contributed by atoms with Crippen LogP contribution in [0.25, 0.3) is 0 Å². The van der Waals surface area contributed by atoms with E-state index in [0.29, 0.717) is 32.2 Å². The maximum atomic E-state index is 15.0. The molecular formula is C40H57N3O7. The Bertz CT molecular complexity index is 1400. The molecule has 1 aliphatic carbocycles. The molecule has 10 heteroatoms. The van der Waals surface area contributed by atoms with Gasteiger partial charge in [0.25, 0.3) is 0 Å². The van der Waals surface area contributed by atoms with Crippen LogP contribution in [0.5, 0.6) is 0 Å². The summed E-state index contributed by atoms with van der Waals surface area (Å²) in [5.41, 5.74) is -0.490. The Hall–Kier alpha value is -3.50. The third-order valence-corrected chi connectivity index (χ3v) is 12.1. The van der Waals surface area contributed by atoms with Gasteiger partial charge in [-0.2, -0.15) is 0 Å². The standard InChI is InChI=1S/C40H57N3O7/c1-7-10-21-32(45)41(6)27(5)35(28-17-13-11-14-18-28)49-39(48)33-31-22-23-40(50-31)34(33)37(46)43(30(25-44)26(4)9-3)36(40)38(47)42(24-8-2)29-19-15-12-16-20-29/h7-8,11,13-14,17-18,26-27,29-31,33-36,44H,1-2,9-10,12,15-16,19-25H2,3-6H3/t26-,27-,30-,31-,33+,34+,35+,36-,40+/m0/s1. The van der Waals surface area contributed by atoms with Crippen LogP contribution in [0.3, 0.4) is 0 Å². The normalized spacial score (nSPS) is 28.3. The van der Waals surface area contributed by atoms with Crippen LogP contribution in [-0.4, -0.2) is 99.6 Å². The van der Waals surface area contributed by atoms with Gasteiger partial charge in [-0.3, -0.25) is 19.2 Å². The molecule has 10 nitrogen and oxygen atoms in total. The van der Waals surface area contributed by atoms with Crippen LogP contribution >= 0.6 is 0 Å². The van der Waals surface area contributed by atoms with Crippen molar-refractivity contribution >= 4 is 23.7 Å². The van der Waals surface area contributed by atoms with E-state index < -0.39 is 53.7 Å². The van der Waals surface area contributed by atoms with E-state index in [2.05, 4.69) is 13.2 Å². The monoisotopic (exact) mass is 691 g/mol. The Kier molecular flexibility index (Phi) is 12.3. The van der Waals surface area contributed by atoms with Crippen molar-refractivity contribution in [2.45, 2.75) is 127 Å². The summed E-state index contributed by atoms with van der Waals surface area (Å²) in [5, 5.41) is 10.8. The summed E-state index contributed by atoms with van der Waals surface area (Å²) in [6, 6.07) is 7.24. The van der Waals surface area contributed by atoms with Crippen LogP contribution in [0.2, 0.25) is 0 Å². The fourth-order valence-corrected chi connectivity index (χ4v) is 9.04. The molecule has 50 heavy (non-hydrogen) atoms. The van der Waals surface area contributed by atoms with Crippen LogP contribution in [0.1, 0.15) is 96.6 Å². The highest BCUT2D eigenvalue weighted by Gasteiger charge is 2.76. The fraction of sp³-hybridized carbons (Fsp3) is 0.650. The second-order valence-corrected chi connectivity index (χ2v) is 14.8. The third-order valence-electron chi connectivity index (χ3n) is 12.1. The fourth-order valence-electron chi connectivity index (χ4n) is 9.04. The molecule has 0 radical (unpaired) electrons. The van der Waals surface area contributed by atoms with Crippen molar-refractivity contribution in [1.29, 1.82) is 0 Å². The zero-order valence-electron chi connectivity index (χ0n) is 30.4.